The van der Waals surface area contributed by atoms with Crippen LogP contribution in [0.1, 0.15) is 6.42 Å². The summed E-state index contributed by atoms with van der Waals surface area (Å²) in [6.07, 6.45) is 3.07. The van der Waals surface area contributed by atoms with E-state index < -0.39 is 0 Å². The first-order valence-corrected chi connectivity index (χ1v) is 7.46. The lowest BCUT2D eigenvalue weighted by atomic mass is 10.2. The summed E-state index contributed by atoms with van der Waals surface area (Å²) >= 11 is 0. The van der Waals surface area contributed by atoms with Gasteiger partial charge in [0.15, 0.2) is 0 Å². The van der Waals surface area contributed by atoms with E-state index in [0.717, 1.165) is 42.5 Å². The Hall–Kier alpha value is -2.27. The van der Waals surface area contributed by atoms with E-state index in [4.69, 9.17) is 9.47 Å². The lowest BCUT2D eigenvalue weighted by Gasteiger charge is -2.16. The smallest absolute Gasteiger partial charge is 0.146 e. The van der Waals surface area contributed by atoms with Crippen molar-refractivity contribution in [1.29, 1.82) is 0 Å². The van der Waals surface area contributed by atoms with Crippen LogP contribution in [0, 0.1) is 0 Å². The molecule has 1 N–H and O–H groups in total. The molecule has 1 fully saturated rings. The molecule has 0 radical (unpaired) electrons. The minimum absolute atomic E-state index is 0.254. The SMILES string of the molecule is COc1cc(OC2CCN(C)C2)ccc1Nc1ccccn1. The summed E-state index contributed by atoms with van der Waals surface area (Å²) in [5.41, 5.74) is 0.872. The summed E-state index contributed by atoms with van der Waals surface area (Å²) in [6, 6.07) is 11.6. The van der Waals surface area contributed by atoms with E-state index in [1.54, 1.807) is 13.3 Å². The predicted molar refractivity (Wildman–Crippen MR) is 87.0 cm³/mol. The number of methoxy groups -OCH3 is 1. The summed E-state index contributed by atoms with van der Waals surface area (Å²) in [5, 5.41) is 3.25. The molecule has 0 aliphatic carbocycles. The van der Waals surface area contributed by atoms with Crippen LogP contribution in [0.5, 0.6) is 11.5 Å². The highest BCUT2D eigenvalue weighted by atomic mass is 16.5. The number of benzene rings is 1. The zero-order chi connectivity index (χ0) is 15.4. The Bertz CT molecular complexity index is 619. The van der Waals surface area contributed by atoms with E-state index in [-0.39, 0.29) is 6.10 Å². The fourth-order valence-electron chi connectivity index (χ4n) is 2.61. The van der Waals surface area contributed by atoms with Gasteiger partial charge in [0.1, 0.15) is 23.4 Å². The molecule has 22 heavy (non-hydrogen) atoms. The van der Waals surface area contributed by atoms with E-state index in [2.05, 4.69) is 22.2 Å². The highest BCUT2D eigenvalue weighted by Crippen LogP contribution is 2.32. The molecule has 1 unspecified atom stereocenters. The first-order valence-electron chi connectivity index (χ1n) is 7.46. The zero-order valence-electron chi connectivity index (χ0n) is 13.0. The Labute approximate surface area is 130 Å². The molecule has 2 heterocycles. The molecule has 116 valence electrons. The van der Waals surface area contributed by atoms with Crippen LogP contribution < -0.4 is 14.8 Å². The number of nitrogens with one attached hydrogen (secondary N) is 1. The number of hydrogen-bond acceptors (Lipinski definition) is 5. The fourth-order valence-corrected chi connectivity index (χ4v) is 2.61. The van der Waals surface area contributed by atoms with Crippen LogP contribution in [0.4, 0.5) is 11.5 Å². The van der Waals surface area contributed by atoms with Gasteiger partial charge in [0.05, 0.1) is 12.8 Å². The fraction of sp³-hybridized carbons (Fsp3) is 0.353. The van der Waals surface area contributed by atoms with Gasteiger partial charge >= 0.3 is 0 Å². The van der Waals surface area contributed by atoms with Crippen molar-refractivity contribution in [1.82, 2.24) is 9.88 Å². The molecular formula is C17H21N3O2. The van der Waals surface area contributed by atoms with Gasteiger partial charge in [-0.2, -0.15) is 0 Å². The van der Waals surface area contributed by atoms with Crippen molar-refractivity contribution in [3.05, 3.63) is 42.6 Å². The number of aromatic nitrogens is 1. The summed E-state index contributed by atoms with van der Waals surface area (Å²) < 4.78 is 11.5. The van der Waals surface area contributed by atoms with Gasteiger partial charge in [-0.1, -0.05) is 6.07 Å². The maximum atomic E-state index is 6.03. The minimum atomic E-state index is 0.254. The van der Waals surface area contributed by atoms with Crippen LogP contribution in [-0.2, 0) is 0 Å². The number of anilines is 2. The normalized spacial score (nSPS) is 18.2. The van der Waals surface area contributed by atoms with Gasteiger partial charge in [-0.3, -0.25) is 0 Å². The van der Waals surface area contributed by atoms with Crippen LogP contribution in [0.3, 0.4) is 0 Å². The highest BCUT2D eigenvalue weighted by Gasteiger charge is 2.21. The van der Waals surface area contributed by atoms with Crippen molar-refractivity contribution >= 4 is 11.5 Å². The second-order valence-electron chi connectivity index (χ2n) is 5.49. The van der Waals surface area contributed by atoms with Gasteiger partial charge in [-0.05, 0) is 37.7 Å². The lowest BCUT2D eigenvalue weighted by molar-refractivity contribution is 0.207. The number of rotatable bonds is 5. The monoisotopic (exact) mass is 299 g/mol. The average Bonchev–Trinajstić information content (AvgIpc) is 2.95. The van der Waals surface area contributed by atoms with Gasteiger partial charge in [0.25, 0.3) is 0 Å². The zero-order valence-corrected chi connectivity index (χ0v) is 13.0. The molecule has 1 saturated heterocycles. The van der Waals surface area contributed by atoms with E-state index in [0.29, 0.717) is 0 Å². The minimum Gasteiger partial charge on any atom is -0.494 e. The summed E-state index contributed by atoms with van der Waals surface area (Å²) in [5.74, 6) is 2.37. The van der Waals surface area contributed by atoms with Crippen LogP contribution in [0.15, 0.2) is 42.6 Å². The Morgan fingerprint density at radius 1 is 1.27 bits per heavy atom. The van der Waals surface area contributed by atoms with Crippen molar-refractivity contribution in [3.63, 3.8) is 0 Å². The third-order valence-corrected chi connectivity index (χ3v) is 3.75. The number of hydrogen-bond donors (Lipinski definition) is 1. The largest absolute Gasteiger partial charge is 0.494 e. The van der Waals surface area contributed by atoms with Crippen molar-refractivity contribution in [2.45, 2.75) is 12.5 Å². The maximum Gasteiger partial charge on any atom is 0.146 e. The van der Waals surface area contributed by atoms with Gasteiger partial charge in [-0.25, -0.2) is 4.98 Å². The maximum absolute atomic E-state index is 6.03. The molecule has 0 spiro atoms. The molecule has 1 aliphatic rings. The molecule has 1 aliphatic heterocycles. The van der Waals surface area contributed by atoms with Crippen LogP contribution in [0.25, 0.3) is 0 Å². The molecule has 1 aromatic heterocycles. The molecule has 0 saturated carbocycles. The predicted octanol–water partition coefficient (Wildman–Crippen LogP) is 2.92. The Kier molecular flexibility index (Phi) is 4.44. The number of nitrogens with zero attached hydrogens (tertiary/aromatic N) is 2. The molecular weight excluding hydrogens is 278 g/mol. The second-order valence-corrected chi connectivity index (χ2v) is 5.49. The summed E-state index contributed by atoms with van der Waals surface area (Å²) in [4.78, 5) is 6.54. The number of likely N-dealkylation sites (tertiary alicyclic amines) is 1. The van der Waals surface area contributed by atoms with E-state index in [1.807, 2.05) is 36.4 Å². The first kappa shape index (κ1) is 14.7. The van der Waals surface area contributed by atoms with Gasteiger partial charge in [0.2, 0.25) is 0 Å². The van der Waals surface area contributed by atoms with E-state index in [1.165, 1.54) is 0 Å². The molecule has 3 rings (SSSR count). The molecule has 1 atom stereocenters. The third kappa shape index (κ3) is 3.49. The van der Waals surface area contributed by atoms with E-state index >= 15 is 0 Å². The summed E-state index contributed by atoms with van der Waals surface area (Å²) in [6.45, 7) is 2.05. The third-order valence-electron chi connectivity index (χ3n) is 3.75. The van der Waals surface area contributed by atoms with Gasteiger partial charge in [0, 0.05) is 25.4 Å². The average molecular weight is 299 g/mol. The van der Waals surface area contributed by atoms with Crippen molar-refractivity contribution < 1.29 is 9.47 Å². The van der Waals surface area contributed by atoms with Crippen molar-refractivity contribution in [3.8, 4) is 11.5 Å². The highest BCUT2D eigenvalue weighted by molar-refractivity contribution is 5.65. The number of ether oxygens (including phenoxy) is 2. The van der Waals surface area contributed by atoms with E-state index in [9.17, 15) is 0 Å². The molecule has 1 aromatic carbocycles. The molecule has 5 nitrogen and oxygen atoms in total. The Balaban J connectivity index is 1.73. The molecule has 5 heteroatoms. The van der Waals surface area contributed by atoms with Crippen LogP contribution >= 0.6 is 0 Å². The number of pyridine rings is 1. The van der Waals surface area contributed by atoms with Crippen molar-refractivity contribution in [2.24, 2.45) is 0 Å². The summed E-state index contributed by atoms with van der Waals surface area (Å²) in [7, 11) is 3.77. The Morgan fingerprint density at radius 3 is 2.86 bits per heavy atom. The van der Waals surface area contributed by atoms with Gasteiger partial charge in [-0.15, -0.1) is 0 Å². The Morgan fingerprint density at radius 2 is 2.18 bits per heavy atom. The van der Waals surface area contributed by atoms with Crippen LogP contribution in [0.2, 0.25) is 0 Å². The molecule has 0 bridgehead atoms. The van der Waals surface area contributed by atoms with Crippen molar-refractivity contribution in [2.75, 3.05) is 32.6 Å². The molecule has 0 amide bonds. The second kappa shape index (κ2) is 6.66. The van der Waals surface area contributed by atoms with Gasteiger partial charge < -0.3 is 19.7 Å². The quantitative estimate of drug-likeness (QED) is 0.920. The number of likely N-dealkylation sites (N-methyl/N-ethyl adjacent to an activating group) is 1. The first-order chi connectivity index (χ1) is 10.7. The standard InChI is InChI=1S/C17H21N3O2/c1-20-10-8-14(12-20)22-13-6-7-15(16(11-13)21-2)19-17-5-3-4-9-18-17/h3-7,9,11,14H,8,10,12H2,1-2H3,(H,18,19). The topological polar surface area (TPSA) is 46.6 Å². The van der Waals surface area contributed by atoms with Crippen LogP contribution in [-0.4, -0.2) is 43.2 Å². The molecule has 2 aromatic rings. The lowest BCUT2D eigenvalue weighted by Crippen LogP contribution is -2.21.